The number of nitrogens with zero attached hydrogens (tertiary/aromatic N) is 7. The van der Waals surface area contributed by atoms with Gasteiger partial charge in [0, 0.05) is 63.0 Å². The highest BCUT2D eigenvalue weighted by Crippen LogP contribution is 2.36. The summed E-state index contributed by atoms with van der Waals surface area (Å²) in [5.41, 5.74) is 9.07. The van der Waals surface area contributed by atoms with Gasteiger partial charge in [-0.05, 0) is 81.6 Å². The van der Waals surface area contributed by atoms with Gasteiger partial charge in [0.2, 0.25) is 0 Å². The van der Waals surface area contributed by atoms with Crippen LogP contribution in [-0.2, 0) is 0 Å². The van der Waals surface area contributed by atoms with Gasteiger partial charge in [0.25, 0.3) is 0 Å². The third-order valence-corrected chi connectivity index (χ3v) is 10.4. The van der Waals surface area contributed by atoms with E-state index in [0.29, 0.717) is 17.9 Å². The maximum atomic E-state index is 6.43. The molecule has 0 bridgehead atoms. The molecule has 4 aliphatic rings. The van der Waals surface area contributed by atoms with Crippen molar-refractivity contribution in [2.45, 2.75) is 56.3 Å². The van der Waals surface area contributed by atoms with Crippen molar-refractivity contribution in [3.05, 3.63) is 60.9 Å². The zero-order chi connectivity index (χ0) is 29.5. The number of hydrogen-bond acceptors (Lipinski definition) is 9. The van der Waals surface area contributed by atoms with E-state index >= 15 is 0 Å². The molecule has 0 radical (unpaired) electrons. The highest BCUT2D eigenvalue weighted by molar-refractivity contribution is 5.98. The van der Waals surface area contributed by atoms with Crippen LogP contribution in [0.5, 0.6) is 11.5 Å². The van der Waals surface area contributed by atoms with Gasteiger partial charge in [-0.15, -0.1) is 0 Å². The van der Waals surface area contributed by atoms with Crippen LogP contribution in [0.15, 0.2) is 60.9 Å². The fourth-order valence-electron chi connectivity index (χ4n) is 7.84. The number of likely N-dealkylation sites (tertiary alicyclic amines) is 3. The molecule has 1 atom stereocenters. The van der Waals surface area contributed by atoms with Crippen molar-refractivity contribution in [2.24, 2.45) is 0 Å². The van der Waals surface area contributed by atoms with Gasteiger partial charge >= 0.3 is 0 Å². The van der Waals surface area contributed by atoms with Crippen LogP contribution in [0.4, 0.5) is 5.82 Å². The molecule has 8 rings (SSSR count). The molecule has 0 saturated carbocycles. The second-order valence-electron chi connectivity index (χ2n) is 13.0. The van der Waals surface area contributed by atoms with Gasteiger partial charge in [0.05, 0.1) is 11.4 Å². The number of piperidine rings is 2. The van der Waals surface area contributed by atoms with Gasteiger partial charge in [-0.3, -0.25) is 14.7 Å². The van der Waals surface area contributed by atoms with E-state index in [9.17, 15) is 0 Å². The quantitative estimate of drug-likeness (QED) is 0.329. The maximum Gasteiger partial charge on any atom is 0.164 e. The van der Waals surface area contributed by atoms with Crippen molar-refractivity contribution >= 4 is 16.9 Å². The molecular weight excluding hydrogens is 550 g/mol. The smallest absolute Gasteiger partial charge is 0.164 e. The lowest BCUT2D eigenvalue weighted by atomic mass is 9.97. The van der Waals surface area contributed by atoms with Gasteiger partial charge in [-0.2, -0.15) is 5.10 Å². The standard InChI is InChI=1S/C34H43N9O/c35-33-31-32(24-6-8-30(9-7-24)44-29-4-2-1-3-5-29)39-43(34(31)38-23-37-33)26-12-17-40(18-13-26)27-14-19-41(20-27)28-21-42(22-28)25-10-15-36-16-11-25/h1-9,23,25-28,36H,10-22H2,(H2,35,37,38). The van der Waals surface area contributed by atoms with Crippen LogP contribution in [0.25, 0.3) is 22.3 Å². The molecular formula is C34H43N9O. The molecule has 4 aliphatic heterocycles. The summed E-state index contributed by atoms with van der Waals surface area (Å²) in [6.45, 7) is 9.55. The van der Waals surface area contributed by atoms with Crippen LogP contribution in [0.3, 0.4) is 0 Å². The van der Waals surface area contributed by atoms with Crippen LogP contribution in [0.2, 0.25) is 0 Å². The second-order valence-corrected chi connectivity index (χ2v) is 13.0. The number of fused-ring (bicyclic) bond motifs is 1. The molecule has 230 valence electrons. The van der Waals surface area contributed by atoms with E-state index < -0.39 is 0 Å². The molecule has 3 N–H and O–H groups in total. The van der Waals surface area contributed by atoms with Crippen molar-refractivity contribution in [3.63, 3.8) is 0 Å². The first kappa shape index (κ1) is 27.9. The third-order valence-electron chi connectivity index (χ3n) is 10.4. The number of ether oxygens (including phenoxy) is 1. The average molecular weight is 594 g/mol. The number of hydrogen-bond donors (Lipinski definition) is 2. The lowest BCUT2D eigenvalue weighted by Crippen LogP contribution is -2.63. The fraction of sp³-hybridized carbons (Fsp3) is 0.500. The SMILES string of the molecule is Nc1ncnc2c1c(-c1ccc(Oc3ccccc3)cc1)nn2C1CCN(C2CCN(C3CN(C4CCNCC4)C3)C2)CC1. The molecule has 4 aromatic rings. The molecule has 2 aromatic carbocycles. The predicted octanol–water partition coefficient (Wildman–Crippen LogP) is 4.02. The highest BCUT2D eigenvalue weighted by Gasteiger charge is 2.40. The van der Waals surface area contributed by atoms with Crippen LogP contribution in [0.1, 0.15) is 38.1 Å². The number of nitrogens with one attached hydrogen (secondary N) is 1. The Morgan fingerprint density at radius 2 is 1.36 bits per heavy atom. The lowest BCUT2D eigenvalue weighted by molar-refractivity contribution is 0.00216. The Morgan fingerprint density at radius 1 is 0.682 bits per heavy atom. The Morgan fingerprint density at radius 3 is 2.14 bits per heavy atom. The Hall–Kier alpha value is -3.57. The number of aromatic nitrogens is 4. The molecule has 4 fully saturated rings. The zero-order valence-electron chi connectivity index (χ0n) is 25.4. The van der Waals surface area contributed by atoms with Crippen LogP contribution < -0.4 is 15.8 Å². The Kier molecular flexibility index (Phi) is 7.67. The predicted molar refractivity (Wildman–Crippen MR) is 173 cm³/mol. The Labute approximate surface area is 259 Å². The minimum Gasteiger partial charge on any atom is -0.457 e. The van der Waals surface area contributed by atoms with Gasteiger partial charge in [0.15, 0.2) is 5.65 Å². The van der Waals surface area contributed by atoms with Crippen molar-refractivity contribution in [3.8, 4) is 22.8 Å². The topological polar surface area (TPSA) is 101 Å². The maximum absolute atomic E-state index is 6.43. The van der Waals surface area contributed by atoms with E-state index in [1.54, 1.807) is 6.33 Å². The summed E-state index contributed by atoms with van der Waals surface area (Å²) in [5, 5.41) is 9.47. The van der Waals surface area contributed by atoms with E-state index in [2.05, 4.69) is 34.7 Å². The van der Waals surface area contributed by atoms with Crippen molar-refractivity contribution in [1.29, 1.82) is 0 Å². The molecule has 44 heavy (non-hydrogen) atoms. The van der Waals surface area contributed by atoms with E-state index in [-0.39, 0.29) is 0 Å². The van der Waals surface area contributed by atoms with Crippen LogP contribution in [0, 0.1) is 0 Å². The first-order chi connectivity index (χ1) is 21.7. The molecule has 10 nitrogen and oxygen atoms in total. The number of nitrogen functional groups attached to an aromatic ring is 1. The van der Waals surface area contributed by atoms with Crippen LogP contribution in [-0.4, -0.2) is 105 Å². The summed E-state index contributed by atoms with van der Waals surface area (Å²) in [7, 11) is 0. The van der Waals surface area contributed by atoms with E-state index in [4.69, 9.17) is 15.6 Å². The number of para-hydroxylation sites is 1. The molecule has 6 heterocycles. The van der Waals surface area contributed by atoms with Crippen molar-refractivity contribution in [2.75, 3.05) is 58.1 Å². The summed E-state index contributed by atoms with van der Waals surface area (Å²) >= 11 is 0. The molecule has 0 aliphatic carbocycles. The van der Waals surface area contributed by atoms with E-state index in [1.165, 1.54) is 58.5 Å². The highest BCUT2D eigenvalue weighted by atomic mass is 16.5. The molecule has 2 aromatic heterocycles. The largest absolute Gasteiger partial charge is 0.457 e. The van der Waals surface area contributed by atoms with Gasteiger partial charge in [-0.25, -0.2) is 14.6 Å². The molecule has 10 heteroatoms. The molecule has 0 amide bonds. The first-order valence-corrected chi connectivity index (χ1v) is 16.4. The number of anilines is 1. The summed E-state index contributed by atoms with van der Waals surface area (Å²) in [5.74, 6) is 2.06. The number of rotatable bonds is 7. The number of benzene rings is 2. The van der Waals surface area contributed by atoms with Crippen molar-refractivity contribution < 1.29 is 4.74 Å². The third kappa shape index (κ3) is 5.45. The van der Waals surface area contributed by atoms with Gasteiger partial charge in [0.1, 0.15) is 29.3 Å². The molecule has 1 unspecified atom stereocenters. The Bertz CT molecular complexity index is 1560. The monoisotopic (exact) mass is 593 g/mol. The summed E-state index contributed by atoms with van der Waals surface area (Å²) in [6.07, 6.45) is 7.60. The minimum atomic E-state index is 0.292. The normalized spacial score (nSPS) is 23.3. The van der Waals surface area contributed by atoms with Gasteiger partial charge in [-0.1, -0.05) is 18.2 Å². The number of nitrogens with two attached hydrogens (primary N) is 1. The lowest BCUT2D eigenvalue weighted by Gasteiger charge is -2.49. The van der Waals surface area contributed by atoms with E-state index in [0.717, 1.165) is 71.8 Å². The van der Waals surface area contributed by atoms with Crippen LogP contribution >= 0.6 is 0 Å². The fourth-order valence-corrected chi connectivity index (χ4v) is 7.84. The first-order valence-electron chi connectivity index (χ1n) is 16.4. The minimum absolute atomic E-state index is 0.292. The molecule has 4 saturated heterocycles. The Balaban J connectivity index is 0.916. The summed E-state index contributed by atoms with van der Waals surface area (Å²) in [4.78, 5) is 17.2. The second kappa shape index (κ2) is 12.1. The summed E-state index contributed by atoms with van der Waals surface area (Å²) < 4.78 is 8.13. The van der Waals surface area contributed by atoms with E-state index in [1.807, 2.05) is 54.6 Å². The molecule has 0 spiro atoms. The zero-order valence-corrected chi connectivity index (χ0v) is 25.4. The van der Waals surface area contributed by atoms with Gasteiger partial charge < -0.3 is 15.8 Å². The summed E-state index contributed by atoms with van der Waals surface area (Å²) in [6, 6.07) is 20.4. The average Bonchev–Trinajstić information content (AvgIpc) is 3.69. The van der Waals surface area contributed by atoms with Crippen molar-refractivity contribution in [1.82, 2.24) is 39.8 Å².